The van der Waals surface area contributed by atoms with Crippen LogP contribution < -0.4 is 10.9 Å². The van der Waals surface area contributed by atoms with Crippen molar-refractivity contribution >= 4 is 11.8 Å². The molecule has 0 bridgehead atoms. The molecule has 0 aliphatic heterocycles. The Morgan fingerprint density at radius 2 is 1.67 bits per heavy atom. The monoisotopic (exact) mass is 250 g/mol. The highest BCUT2D eigenvalue weighted by Crippen LogP contribution is 2.59. The van der Waals surface area contributed by atoms with Gasteiger partial charge in [-0.3, -0.25) is 20.4 Å². The number of hydrazine groups is 1. The highest BCUT2D eigenvalue weighted by Gasteiger charge is 2.60. The van der Waals surface area contributed by atoms with Crippen LogP contribution in [0.3, 0.4) is 0 Å². The van der Waals surface area contributed by atoms with Crippen molar-refractivity contribution in [2.75, 3.05) is 0 Å². The molecule has 0 aromatic rings. The van der Waals surface area contributed by atoms with E-state index in [1.165, 1.54) is 5.57 Å². The lowest BCUT2D eigenvalue weighted by Crippen LogP contribution is -2.43. The maximum absolute atomic E-state index is 12.0. The first-order chi connectivity index (χ1) is 8.34. The molecule has 2 rings (SSSR count). The number of carbonyl (C=O) groups excluding carboxylic acids is 2. The molecule has 0 unspecified atom stereocenters. The molecule has 0 radical (unpaired) electrons. The molecule has 2 fully saturated rings. The van der Waals surface area contributed by atoms with Crippen molar-refractivity contribution in [3.63, 3.8) is 0 Å². The summed E-state index contributed by atoms with van der Waals surface area (Å²) in [5.74, 6) is 0.232. The van der Waals surface area contributed by atoms with Crippen molar-refractivity contribution in [1.29, 1.82) is 0 Å². The van der Waals surface area contributed by atoms with Gasteiger partial charge in [-0.1, -0.05) is 25.5 Å². The molecule has 18 heavy (non-hydrogen) atoms. The molecule has 0 aromatic carbocycles. The molecule has 0 spiro atoms. The van der Waals surface area contributed by atoms with Crippen LogP contribution in [0.25, 0.3) is 0 Å². The summed E-state index contributed by atoms with van der Waals surface area (Å²) >= 11 is 0. The van der Waals surface area contributed by atoms with Gasteiger partial charge in [0.2, 0.25) is 11.8 Å². The van der Waals surface area contributed by atoms with Crippen LogP contribution in [0.4, 0.5) is 0 Å². The molecule has 0 saturated heterocycles. The van der Waals surface area contributed by atoms with Crippen LogP contribution in [0.1, 0.15) is 40.5 Å². The van der Waals surface area contributed by atoms with Gasteiger partial charge in [0.05, 0.1) is 5.92 Å². The van der Waals surface area contributed by atoms with Crippen molar-refractivity contribution in [3.8, 4) is 0 Å². The predicted molar refractivity (Wildman–Crippen MR) is 69.2 cm³/mol. The third kappa shape index (κ3) is 2.57. The summed E-state index contributed by atoms with van der Waals surface area (Å²) < 4.78 is 0. The number of nitrogens with one attached hydrogen (secondary N) is 2. The van der Waals surface area contributed by atoms with Crippen molar-refractivity contribution < 1.29 is 9.59 Å². The van der Waals surface area contributed by atoms with Gasteiger partial charge >= 0.3 is 0 Å². The molecule has 2 saturated carbocycles. The van der Waals surface area contributed by atoms with E-state index in [0.717, 1.165) is 12.8 Å². The minimum atomic E-state index is -0.0727. The molecule has 100 valence electrons. The topological polar surface area (TPSA) is 58.2 Å². The van der Waals surface area contributed by atoms with E-state index in [4.69, 9.17) is 0 Å². The smallest absolute Gasteiger partial charge is 0.242 e. The average molecular weight is 250 g/mol. The van der Waals surface area contributed by atoms with E-state index in [0.29, 0.717) is 0 Å². The van der Waals surface area contributed by atoms with Gasteiger partial charge in [-0.2, -0.15) is 0 Å². The van der Waals surface area contributed by atoms with Crippen LogP contribution in [-0.4, -0.2) is 11.8 Å². The molecule has 2 aliphatic carbocycles. The fourth-order valence-electron chi connectivity index (χ4n) is 2.50. The zero-order valence-electron chi connectivity index (χ0n) is 11.5. The van der Waals surface area contributed by atoms with Gasteiger partial charge in [0.1, 0.15) is 0 Å². The Balaban J connectivity index is 1.86. The third-order valence-corrected chi connectivity index (χ3v) is 3.96. The van der Waals surface area contributed by atoms with Gasteiger partial charge in [0.25, 0.3) is 0 Å². The standard InChI is InChI=1S/C14H22N2O2/c1-8(2)7-10-11(14(10,3)4)13(18)16-15-12(17)9-5-6-9/h7,9-11H,5-6H2,1-4H3,(H,15,17)(H,16,18)/t10-,11-/m1/s1. The molecular formula is C14H22N2O2. The van der Waals surface area contributed by atoms with Crippen LogP contribution in [-0.2, 0) is 9.59 Å². The predicted octanol–water partition coefficient (Wildman–Crippen LogP) is 1.78. The van der Waals surface area contributed by atoms with Gasteiger partial charge in [0.15, 0.2) is 0 Å². The number of hydrogen-bond acceptors (Lipinski definition) is 2. The number of rotatable bonds is 3. The first-order valence-corrected chi connectivity index (χ1v) is 6.58. The lowest BCUT2D eigenvalue weighted by Gasteiger charge is -2.07. The minimum absolute atomic E-state index is 0.00827. The number of amides is 2. The maximum Gasteiger partial charge on any atom is 0.242 e. The summed E-state index contributed by atoms with van der Waals surface area (Å²) in [6, 6.07) is 0. The quantitative estimate of drug-likeness (QED) is 0.592. The van der Waals surface area contributed by atoms with E-state index < -0.39 is 0 Å². The molecule has 2 amide bonds. The zero-order valence-corrected chi connectivity index (χ0v) is 11.5. The molecule has 2 aliphatic rings. The van der Waals surface area contributed by atoms with Crippen LogP contribution in [0.2, 0.25) is 0 Å². The first-order valence-electron chi connectivity index (χ1n) is 6.58. The summed E-state index contributed by atoms with van der Waals surface area (Å²) in [5.41, 5.74) is 6.29. The van der Waals surface area contributed by atoms with E-state index in [1.54, 1.807) is 0 Å². The number of carbonyl (C=O) groups is 2. The Morgan fingerprint density at radius 1 is 1.11 bits per heavy atom. The molecule has 0 heterocycles. The van der Waals surface area contributed by atoms with Crippen LogP contribution in [0.15, 0.2) is 11.6 Å². The van der Waals surface area contributed by atoms with Gasteiger partial charge in [-0.05, 0) is 38.0 Å². The summed E-state index contributed by atoms with van der Waals surface area (Å²) in [5, 5.41) is 0. The second kappa shape index (κ2) is 4.41. The van der Waals surface area contributed by atoms with Crippen molar-refractivity contribution in [2.24, 2.45) is 23.2 Å². The molecule has 0 aromatic heterocycles. The minimum Gasteiger partial charge on any atom is -0.273 e. The van der Waals surface area contributed by atoms with Gasteiger partial charge < -0.3 is 0 Å². The largest absolute Gasteiger partial charge is 0.273 e. The van der Waals surface area contributed by atoms with Crippen molar-refractivity contribution in [3.05, 3.63) is 11.6 Å². The summed E-state index contributed by atoms with van der Waals surface area (Å²) in [6.07, 6.45) is 4.03. The van der Waals surface area contributed by atoms with Crippen molar-refractivity contribution in [2.45, 2.75) is 40.5 Å². The molecule has 2 atom stereocenters. The van der Waals surface area contributed by atoms with E-state index in [9.17, 15) is 9.59 Å². The highest BCUT2D eigenvalue weighted by molar-refractivity contribution is 5.87. The fraction of sp³-hybridized carbons (Fsp3) is 0.714. The Morgan fingerprint density at radius 3 is 2.17 bits per heavy atom. The first kappa shape index (κ1) is 13.1. The lowest BCUT2D eigenvalue weighted by molar-refractivity contribution is -0.130. The van der Waals surface area contributed by atoms with Crippen LogP contribution in [0, 0.1) is 23.2 Å². The van der Waals surface area contributed by atoms with Crippen LogP contribution >= 0.6 is 0 Å². The average Bonchev–Trinajstić information content (AvgIpc) is 3.13. The maximum atomic E-state index is 12.0. The number of allylic oxidation sites excluding steroid dienone is 2. The highest BCUT2D eigenvalue weighted by atomic mass is 16.2. The van der Waals surface area contributed by atoms with Crippen molar-refractivity contribution in [1.82, 2.24) is 10.9 Å². The lowest BCUT2D eigenvalue weighted by atomic mass is 10.1. The molecular weight excluding hydrogens is 228 g/mol. The summed E-state index contributed by atoms with van der Waals surface area (Å²) in [6.45, 7) is 8.25. The van der Waals surface area contributed by atoms with Crippen LogP contribution in [0.5, 0.6) is 0 Å². The number of hydrogen-bond donors (Lipinski definition) is 2. The van der Waals surface area contributed by atoms with E-state index in [1.807, 2.05) is 13.8 Å². The Bertz CT molecular complexity index is 404. The van der Waals surface area contributed by atoms with Gasteiger partial charge in [0, 0.05) is 5.92 Å². The summed E-state index contributed by atoms with van der Waals surface area (Å²) in [4.78, 5) is 23.4. The summed E-state index contributed by atoms with van der Waals surface area (Å²) in [7, 11) is 0. The molecule has 4 heteroatoms. The normalized spacial score (nSPS) is 28.2. The zero-order chi connectivity index (χ0) is 13.5. The second-order valence-electron chi connectivity index (χ2n) is 6.32. The van der Waals surface area contributed by atoms with Gasteiger partial charge in [-0.25, -0.2) is 0 Å². The molecule has 2 N–H and O–H groups in total. The Labute approximate surface area is 108 Å². The van der Waals surface area contributed by atoms with Gasteiger partial charge in [-0.15, -0.1) is 0 Å². The second-order valence-corrected chi connectivity index (χ2v) is 6.32. The van der Waals surface area contributed by atoms with E-state index >= 15 is 0 Å². The fourth-order valence-corrected chi connectivity index (χ4v) is 2.50. The van der Waals surface area contributed by atoms with E-state index in [2.05, 4.69) is 30.8 Å². The molecule has 4 nitrogen and oxygen atoms in total. The van der Waals surface area contributed by atoms with E-state index in [-0.39, 0.29) is 35.0 Å². The Hall–Kier alpha value is -1.32. The SMILES string of the molecule is CC(C)=C[C@@H]1[C@H](C(=O)NNC(=O)C2CC2)C1(C)C. The Kier molecular flexibility index (Phi) is 3.21. The third-order valence-electron chi connectivity index (χ3n) is 3.96.